The van der Waals surface area contributed by atoms with Crippen LogP contribution in [0.2, 0.25) is 0 Å². The van der Waals surface area contributed by atoms with Gasteiger partial charge in [-0.25, -0.2) is 8.42 Å². The first-order valence-corrected chi connectivity index (χ1v) is 7.64. The summed E-state index contributed by atoms with van der Waals surface area (Å²) in [5, 5.41) is 8.79. The molecule has 0 saturated heterocycles. The van der Waals surface area contributed by atoms with Gasteiger partial charge in [0.05, 0.1) is 23.1 Å². The van der Waals surface area contributed by atoms with Gasteiger partial charge in [0.1, 0.15) is 0 Å². The molecule has 0 spiro atoms. The molecule has 98 valence electrons. The van der Waals surface area contributed by atoms with Crippen LogP contribution >= 0.6 is 11.6 Å². The minimum absolute atomic E-state index is 0.0350. The lowest BCUT2D eigenvalue weighted by atomic mass is 10.1. The summed E-state index contributed by atoms with van der Waals surface area (Å²) < 4.78 is 26.2. The largest absolute Gasteiger partial charge is 0.283 e. The summed E-state index contributed by atoms with van der Waals surface area (Å²) in [7, 11) is -3.44. The van der Waals surface area contributed by atoms with E-state index in [-0.39, 0.29) is 17.6 Å². The van der Waals surface area contributed by atoms with E-state index in [0.29, 0.717) is 11.3 Å². The Balaban J connectivity index is 2.94. The highest BCUT2D eigenvalue weighted by atomic mass is 35.5. The molecule has 0 aliphatic rings. The van der Waals surface area contributed by atoms with Gasteiger partial charge in [-0.15, -0.1) is 11.6 Å². The maximum atomic E-state index is 11.9. The summed E-state index contributed by atoms with van der Waals surface area (Å²) in [5.74, 6) is 0.133. The molecule has 0 heterocycles. The molecule has 1 aromatic carbocycles. The summed E-state index contributed by atoms with van der Waals surface area (Å²) in [6.07, 6.45) is 0. The standard InChI is InChI=1S/C12H15ClN2O2S/c1-9(6-13)8-18(16,17)15-12-5-11(7-14)4-3-10(12)2/h3-5,9,15H,6,8H2,1-2H3. The van der Waals surface area contributed by atoms with Crippen LogP contribution in [-0.2, 0) is 10.0 Å². The number of sulfonamides is 1. The topological polar surface area (TPSA) is 70.0 Å². The van der Waals surface area contributed by atoms with Gasteiger partial charge in [0, 0.05) is 5.88 Å². The molecule has 0 aliphatic heterocycles. The molecule has 0 bridgehead atoms. The average molecular weight is 287 g/mol. The maximum absolute atomic E-state index is 11.9. The van der Waals surface area contributed by atoms with Crippen LogP contribution in [0.15, 0.2) is 18.2 Å². The van der Waals surface area contributed by atoms with Gasteiger partial charge in [-0.2, -0.15) is 5.26 Å². The van der Waals surface area contributed by atoms with Gasteiger partial charge in [-0.1, -0.05) is 13.0 Å². The zero-order valence-electron chi connectivity index (χ0n) is 10.3. The normalized spacial score (nSPS) is 12.8. The minimum atomic E-state index is -3.44. The Morgan fingerprint density at radius 3 is 2.72 bits per heavy atom. The average Bonchev–Trinajstić information content (AvgIpc) is 2.31. The highest BCUT2D eigenvalue weighted by Gasteiger charge is 2.16. The van der Waals surface area contributed by atoms with Crippen LogP contribution in [0.1, 0.15) is 18.1 Å². The van der Waals surface area contributed by atoms with Crippen molar-refractivity contribution in [1.29, 1.82) is 5.26 Å². The highest BCUT2D eigenvalue weighted by Crippen LogP contribution is 2.18. The highest BCUT2D eigenvalue weighted by molar-refractivity contribution is 7.92. The third-order valence-electron chi connectivity index (χ3n) is 2.40. The van der Waals surface area contributed by atoms with Gasteiger partial charge in [0.15, 0.2) is 0 Å². The fourth-order valence-corrected chi connectivity index (χ4v) is 3.17. The number of hydrogen-bond donors (Lipinski definition) is 1. The molecule has 1 unspecified atom stereocenters. The third-order valence-corrected chi connectivity index (χ3v) is 4.47. The van der Waals surface area contributed by atoms with Crippen LogP contribution in [0.3, 0.4) is 0 Å². The molecule has 0 amide bonds. The fraction of sp³-hybridized carbons (Fsp3) is 0.417. The molecule has 0 saturated carbocycles. The van der Waals surface area contributed by atoms with E-state index in [4.69, 9.17) is 16.9 Å². The predicted molar refractivity (Wildman–Crippen MR) is 73.2 cm³/mol. The predicted octanol–water partition coefficient (Wildman–Crippen LogP) is 2.48. The van der Waals surface area contributed by atoms with E-state index in [1.54, 1.807) is 26.0 Å². The number of benzene rings is 1. The van der Waals surface area contributed by atoms with Crippen LogP contribution in [0.5, 0.6) is 0 Å². The maximum Gasteiger partial charge on any atom is 0.233 e. The molecule has 1 rings (SSSR count). The van der Waals surface area contributed by atoms with Gasteiger partial charge in [0.2, 0.25) is 10.0 Å². The molecule has 4 nitrogen and oxygen atoms in total. The van der Waals surface area contributed by atoms with E-state index in [9.17, 15) is 8.42 Å². The molecule has 1 N–H and O–H groups in total. The minimum Gasteiger partial charge on any atom is -0.283 e. The van der Waals surface area contributed by atoms with E-state index in [0.717, 1.165) is 5.56 Å². The monoisotopic (exact) mass is 286 g/mol. The number of hydrogen-bond acceptors (Lipinski definition) is 3. The molecule has 0 aromatic heterocycles. The van der Waals surface area contributed by atoms with E-state index in [1.807, 2.05) is 6.07 Å². The van der Waals surface area contributed by atoms with Gasteiger partial charge >= 0.3 is 0 Å². The molecule has 0 fully saturated rings. The van der Waals surface area contributed by atoms with Crippen LogP contribution < -0.4 is 4.72 Å². The Labute approximate surface area is 113 Å². The molecule has 1 atom stereocenters. The van der Waals surface area contributed by atoms with Crippen LogP contribution in [0.25, 0.3) is 0 Å². The first-order valence-electron chi connectivity index (χ1n) is 5.45. The molecule has 0 aliphatic carbocycles. The zero-order valence-corrected chi connectivity index (χ0v) is 11.8. The number of rotatable bonds is 5. The number of anilines is 1. The first kappa shape index (κ1) is 14.8. The number of nitrogens with zero attached hydrogens (tertiary/aromatic N) is 1. The van der Waals surface area contributed by atoms with Gasteiger partial charge < -0.3 is 0 Å². The van der Waals surface area contributed by atoms with Gasteiger partial charge in [0.25, 0.3) is 0 Å². The number of aryl methyl sites for hydroxylation is 1. The fourth-order valence-electron chi connectivity index (χ4n) is 1.43. The molecular weight excluding hydrogens is 272 g/mol. The van der Waals surface area contributed by atoms with E-state index < -0.39 is 10.0 Å². The van der Waals surface area contributed by atoms with E-state index in [2.05, 4.69) is 4.72 Å². The Hall–Kier alpha value is -1.25. The number of alkyl halides is 1. The Kier molecular flexibility index (Phi) is 5.00. The lowest BCUT2D eigenvalue weighted by molar-refractivity contribution is 0.588. The van der Waals surface area contributed by atoms with Crippen LogP contribution in [0, 0.1) is 24.2 Å². The summed E-state index contributed by atoms with van der Waals surface area (Å²) in [4.78, 5) is 0. The van der Waals surface area contributed by atoms with Gasteiger partial charge in [-0.05, 0) is 30.5 Å². The SMILES string of the molecule is Cc1ccc(C#N)cc1NS(=O)(=O)CC(C)CCl. The molecular formula is C12H15ClN2O2S. The number of nitrogens with one attached hydrogen (secondary N) is 1. The second-order valence-corrected chi connectivity index (χ2v) is 6.36. The van der Waals surface area contributed by atoms with Crippen LogP contribution in [0.4, 0.5) is 5.69 Å². The second-order valence-electron chi connectivity index (χ2n) is 4.28. The first-order chi connectivity index (χ1) is 8.38. The number of halogens is 1. The van der Waals surface area contributed by atoms with Crippen molar-refractivity contribution in [3.05, 3.63) is 29.3 Å². The molecule has 1 aromatic rings. The molecule has 0 radical (unpaired) electrons. The Morgan fingerprint density at radius 1 is 1.50 bits per heavy atom. The lowest BCUT2D eigenvalue weighted by Gasteiger charge is -2.13. The summed E-state index contributed by atoms with van der Waals surface area (Å²) in [5.41, 5.74) is 1.63. The van der Waals surface area contributed by atoms with Crippen molar-refractivity contribution in [2.75, 3.05) is 16.4 Å². The quantitative estimate of drug-likeness (QED) is 0.846. The lowest BCUT2D eigenvalue weighted by Crippen LogP contribution is -2.22. The Morgan fingerprint density at radius 2 is 2.17 bits per heavy atom. The van der Waals surface area contributed by atoms with Crippen molar-refractivity contribution in [3.8, 4) is 6.07 Å². The van der Waals surface area contributed by atoms with Crippen molar-refractivity contribution < 1.29 is 8.42 Å². The summed E-state index contributed by atoms with van der Waals surface area (Å²) >= 11 is 5.60. The molecule has 18 heavy (non-hydrogen) atoms. The Bertz CT molecular complexity index is 564. The third kappa shape index (κ3) is 4.21. The van der Waals surface area contributed by atoms with E-state index in [1.165, 1.54) is 6.07 Å². The van der Waals surface area contributed by atoms with Crippen molar-refractivity contribution in [2.45, 2.75) is 13.8 Å². The van der Waals surface area contributed by atoms with Crippen molar-refractivity contribution in [3.63, 3.8) is 0 Å². The summed E-state index contributed by atoms with van der Waals surface area (Å²) in [6.45, 7) is 3.55. The smallest absolute Gasteiger partial charge is 0.233 e. The van der Waals surface area contributed by atoms with E-state index >= 15 is 0 Å². The second kappa shape index (κ2) is 6.07. The van der Waals surface area contributed by atoms with Gasteiger partial charge in [-0.3, -0.25) is 4.72 Å². The van der Waals surface area contributed by atoms with Crippen LogP contribution in [-0.4, -0.2) is 20.1 Å². The number of nitriles is 1. The van der Waals surface area contributed by atoms with Crippen molar-refractivity contribution >= 4 is 27.3 Å². The zero-order chi connectivity index (χ0) is 13.8. The summed E-state index contributed by atoms with van der Waals surface area (Å²) in [6, 6.07) is 6.86. The van der Waals surface area contributed by atoms with Crippen molar-refractivity contribution in [2.24, 2.45) is 5.92 Å². The van der Waals surface area contributed by atoms with Crippen molar-refractivity contribution in [1.82, 2.24) is 0 Å². The molecule has 6 heteroatoms.